The fourth-order valence-corrected chi connectivity index (χ4v) is 0.893. The van der Waals surface area contributed by atoms with Gasteiger partial charge in [-0.2, -0.15) is 0 Å². The molecule has 76 valence electrons. The third-order valence-electron chi connectivity index (χ3n) is 1.60. The first-order chi connectivity index (χ1) is 6.10. The molecule has 0 bridgehead atoms. The minimum absolute atomic E-state index is 0.0943. The summed E-state index contributed by atoms with van der Waals surface area (Å²) in [5.41, 5.74) is 0. The van der Waals surface area contributed by atoms with E-state index in [9.17, 15) is 4.79 Å². The predicted molar refractivity (Wildman–Crippen MR) is 53.2 cm³/mol. The van der Waals surface area contributed by atoms with Crippen LogP contribution in [-0.2, 0) is 9.53 Å². The first-order valence-electron chi connectivity index (χ1n) is 4.58. The van der Waals surface area contributed by atoms with Crippen molar-refractivity contribution in [1.29, 1.82) is 0 Å². The smallest absolute Gasteiger partial charge is 0.257 e. The highest BCUT2D eigenvalue weighted by molar-refractivity contribution is 5.76. The molecule has 0 aliphatic rings. The average Bonchev–Trinajstić information content (AvgIpc) is 2.10. The van der Waals surface area contributed by atoms with Crippen LogP contribution in [0.25, 0.3) is 0 Å². The number of hydrogen-bond donors (Lipinski definition) is 1. The van der Waals surface area contributed by atoms with Crippen LogP contribution in [0.4, 0.5) is 0 Å². The molecular formula is C10H19NO2. The molecule has 0 aromatic heterocycles. The first-order valence-corrected chi connectivity index (χ1v) is 4.58. The van der Waals surface area contributed by atoms with Crippen LogP contribution in [0.2, 0.25) is 0 Å². The molecule has 0 saturated carbocycles. The third-order valence-corrected chi connectivity index (χ3v) is 1.60. The largest absolute Gasteiger partial charge is 0.488 e. The van der Waals surface area contributed by atoms with Crippen molar-refractivity contribution in [3.05, 3.63) is 11.8 Å². The lowest BCUT2D eigenvalue weighted by atomic mass is 10.1. The van der Waals surface area contributed by atoms with Gasteiger partial charge in [0, 0.05) is 13.5 Å². The Morgan fingerprint density at radius 2 is 2.15 bits per heavy atom. The van der Waals surface area contributed by atoms with Gasteiger partial charge in [-0.3, -0.25) is 4.79 Å². The Balaban J connectivity index is 3.80. The van der Waals surface area contributed by atoms with Crippen molar-refractivity contribution < 1.29 is 9.53 Å². The molecule has 0 unspecified atom stereocenters. The van der Waals surface area contributed by atoms with Crippen LogP contribution in [0.15, 0.2) is 11.8 Å². The van der Waals surface area contributed by atoms with Crippen molar-refractivity contribution in [3.63, 3.8) is 0 Å². The van der Waals surface area contributed by atoms with Crippen molar-refractivity contribution in [2.45, 2.75) is 27.2 Å². The zero-order chi connectivity index (χ0) is 10.3. The van der Waals surface area contributed by atoms with E-state index in [0.717, 1.165) is 12.2 Å². The summed E-state index contributed by atoms with van der Waals surface area (Å²) in [5.74, 6) is 1.34. The number of carbonyl (C=O) groups is 1. The first kappa shape index (κ1) is 12.0. The normalized spacial score (nSPS) is 11.6. The van der Waals surface area contributed by atoms with Crippen molar-refractivity contribution in [2.75, 3.05) is 13.7 Å². The summed E-state index contributed by atoms with van der Waals surface area (Å²) >= 11 is 0. The summed E-state index contributed by atoms with van der Waals surface area (Å²) < 4.78 is 5.30. The zero-order valence-electron chi connectivity index (χ0n) is 8.89. The number of allylic oxidation sites excluding steroid dienone is 2. The molecule has 0 radical (unpaired) electrons. The van der Waals surface area contributed by atoms with Gasteiger partial charge in [-0.05, 0) is 18.9 Å². The Morgan fingerprint density at radius 1 is 1.54 bits per heavy atom. The van der Waals surface area contributed by atoms with Gasteiger partial charge in [0.05, 0.1) is 5.76 Å². The van der Waals surface area contributed by atoms with Crippen LogP contribution >= 0.6 is 0 Å². The van der Waals surface area contributed by atoms with Gasteiger partial charge in [-0.1, -0.05) is 13.8 Å². The number of nitrogens with one attached hydrogen (secondary N) is 1. The molecule has 0 spiro atoms. The second-order valence-corrected chi connectivity index (χ2v) is 3.31. The molecule has 0 aromatic rings. The summed E-state index contributed by atoms with van der Waals surface area (Å²) in [6.07, 6.45) is 2.79. The highest BCUT2D eigenvalue weighted by Gasteiger charge is 2.03. The molecule has 0 saturated heterocycles. The van der Waals surface area contributed by atoms with Crippen LogP contribution in [0.3, 0.4) is 0 Å². The standard InChI is InChI=1S/C10H19NO2/c1-5-9(6-8(2)3)13-7-10(12)11-4/h5,8H,6-7H2,1-4H3,(H,11,12)/b9-5+. The van der Waals surface area contributed by atoms with Gasteiger partial charge >= 0.3 is 0 Å². The van der Waals surface area contributed by atoms with Crippen LogP contribution < -0.4 is 5.32 Å². The van der Waals surface area contributed by atoms with Crippen LogP contribution in [-0.4, -0.2) is 19.6 Å². The minimum Gasteiger partial charge on any atom is -0.488 e. The van der Waals surface area contributed by atoms with E-state index < -0.39 is 0 Å². The number of amides is 1. The zero-order valence-corrected chi connectivity index (χ0v) is 8.89. The third kappa shape index (κ3) is 6.20. The van der Waals surface area contributed by atoms with E-state index in [1.165, 1.54) is 0 Å². The maximum absolute atomic E-state index is 10.9. The molecule has 0 aliphatic heterocycles. The number of carbonyl (C=O) groups excluding carboxylic acids is 1. The van der Waals surface area contributed by atoms with Gasteiger partial charge in [0.25, 0.3) is 5.91 Å². The Hall–Kier alpha value is -0.990. The fourth-order valence-electron chi connectivity index (χ4n) is 0.893. The average molecular weight is 185 g/mol. The monoisotopic (exact) mass is 185 g/mol. The lowest BCUT2D eigenvalue weighted by molar-refractivity contribution is -0.124. The van der Waals surface area contributed by atoms with E-state index >= 15 is 0 Å². The molecule has 0 fully saturated rings. The molecular weight excluding hydrogens is 166 g/mol. The Bertz CT molecular complexity index is 185. The van der Waals surface area contributed by atoms with E-state index in [1.54, 1.807) is 7.05 Å². The lowest BCUT2D eigenvalue weighted by Gasteiger charge is -2.11. The molecule has 3 nitrogen and oxygen atoms in total. The Kier molecular flexibility index (Phi) is 6.02. The summed E-state index contributed by atoms with van der Waals surface area (Å²) in [7, 11) is 1.60. The Labute approximate surface area is 80.2 Å². The highest BCUT2D eigenvalue weighted by Crippen LogP contribution is 2.11. The SMILES string of the molecule is C/C=C(\CC(C)C)OCC(=O)NC. The number of likely N-dealkylation sites (N-methyl/N-ethyl adjacent to an activating group) is 1. The summed E-state index contributed by atoms with van der Waals surface area (Å²) in [6, 6.07) is 0. The van der Waals surface area contributed by atoms with Gasteiger partial charge in [0.15, 0.2) is 6.61 Å². The molecule has 0 heterocycles. The number of rotatable bonds is 5. The van der Waals surface area contributed by atoms with Crippen molar-refractivity contribution in [2.24, 2.45) is 5.92 Å². The van der Waals surface area contributed by atoms with E-state index in [0.29, 0.717) is 5.92 Å². The van der Waals surface area contributed by atoms with Gasteiger partial charge in [-0.15, -0.1) is 0 Å². The van der Waals surface area contributed by atoms with E-state index in [1.807, 2.05) is 13.0 Å². The maximum Gasteiger partial charge on any atom is 0.257 e. The second-order valence-electron chi connectivity index (χ2n) is 3.31. The van der Waals surface area contributed by atoms with Gasteiger partial charge < -0.3 is 10.1 Å². The highest BCUT2D eigenvalue weighted by atomic mass is 16.5. The van der Waals surface area contributed by atoms with Crippen molar-refractivity contribution in [3.8, 4) is 0 Å². The molecule has 13 heavy (non-hydrogen) atoms. The van der Waals surface area contributed by atoms with E-state index in [2.05, 4.69) is 19.2 Å². The molecule has 1 N–H and O–H groups in total. The minimum atomic E-state index is -0.0943. The lowest BCUT2D eigenvalue weighted by Crippen LogP contribution is -2.23. The summed E-state index contributed by atoms with van der Waals surface area (Å²) in [4.78, 5) is 10.9. The number of ether oxygens (including phenoxy) is 1. The Morgan fingerprint density at radius 3 is 2.54 bits per heavy atom. The van der Waals surface area contributed by atoms with Gasteiger partial charge in [0.2, 0.25) is 0 Å². The quantitative estimate of drug-likeness (QED) is 0.662. The molecule has 3 heteroatoms. The molecule has 0 rings (SSSR count). The van der Waals surface area contributed by atoms with E-state index in [-0.39, 0.29) is 12.5 Å². The van der Waals surface area contributed by atoms with Crippen LogP contribution in [0.5, 0.6) is 0 Å². The second kappa shape index (κ2) is 6.52. The topological polar surface area (TPSA) is 38.3 Å². The molecule has 1 amide bonds. The van der Waals surface area contributed by atoms with E-state index in [4.69, 9.17) is 4.74 Å². The van der Waals surface area contributed by atoms with Gasteiger partial charge in [0.1, 0.15) is 0 Å². The molecule has 0 atom stereocenters. The van der Waals surface area contributed by atoms with Crippen molar-refractivity contribution in [1.82, 2.24) is 5.32 Å². The van der Waals surface area contributed by atoms with Crippen molar-refractivity contribution >= 4 is 5.91 Å². The van der Waals surface area contributed by atoms with Gasteiger partial charge in [-0.25, -0.2) is 0 Å². The summed E-state index contributed by atoms with van der Waals surface area (Å²) in [6.45, 7) is 6.27. The molecule has 0 aromatic carbocycles. The fraction of sp³-hybridized carbons (Fsp3) is 0.700. The van der Waals surface area contributed by atoms with Crippen LogP contribution in [0.1, 0.15) is 27.2 Å². The van der Waals surface area contributed by atoms with Crippen LogP contribution in [0, 0.1) is 5.92 Å². The number of hydrogen-bond acceptors (Lipinski definition) is 2. The predicted octanol–water partition coefficient (Wildman–Crippen LogP) is 1.70. The maximum atomic E-state index is 10.9. The molecule has 0 aliphatic carbocycles. The summed E-state index contributed by atoms with van der Waals surface area (Å²) in [5, 5.41) is 2.51.